The zero-order chi connectivity index (χ0) is 15.5. The molecule has 2 heterocycles. The molecule has 5 heteroatoms. The van der Waals surface area contributed by atoms with Crippen LogP contribution < -0.4 is 4.74 Å². The molecule has 0 amide bonds. The summed E-state index contributed by atoms with van der Waals surface area (Å²) in [6.45, 7) is 5.56. The predicted octanol–water partition coefficient (Wildman–Crippen LogP) is 3.11. The number of likely N-dealkylation sites (tertiary alicyclic amines) is 2. The molecule has 1 aromatic carbocycles. The summed E-state index contributed by atoms with van der Waals surface area (Å²) in [5.41, 5.74) is 1.03. The summed E-state index contributed by atoms with van der Waals surface area (Å²) >= 11 is 6.29. The predicted molar refractivity (Wildman–Crippen MR) is 88.8 cm³/mol. The van der Waals surface area contributed by atoms with E-state index in [0.717, 1.165) is 25.2 Å². The highest BCUT2D eigenvalue weighted by Gasteiger charge is 2.27. The molecule has 1 aromatic rings. The summed E-state index contributed by atoms with van der Waals surface area (Å²) in [7, 11) is 1.57. The second-order valence-electron chi connectivity index (χ2n) is 6.39. The Bertz CT molecular complexity index is 518. The van der Waals surface area contributed by atoms with Gasteiger partial charge in [0.2, 0.25) is 0 Å². The van der Waals surface area contributed by atoms with Gasteiger partial charge >= 0.3 is 0 Å². The fourth-order valence-corrected chi connectivity index (χ4v) is 3.91. The number of piperidine rings is 1. The minimum atomic E-state index is 0.102. The van der Waals surface area contributed by atoms with Crippen LogP contribution in [0, 0.1) is 0 Å². The van der Waals surface area contributed by atoms with Crippen LogP contribution in [0.25, 0.3) is 0 Å². The summed E-state index contributed by atoms with van der Waals surface area (Å²) in [6.07, 6.45) is 5.24. The summed E-state index contributed by atoms with van der Waals surface area (Å²) in [5.74, 6) is 0.595. The Labute approximate surface area is 137 Å². The first kappa shape index (κ1) is 15.9. The van der Waals surface area contributed by atoms with Crippen molar-refractivity contribution in [3.05, 3.63) is 22.7 Å². The van der Waals surface area contributed by atoms with E-state index in [9.17, 15) is 5.11 Å². The Balaban J connectivity index is 1.67. The standard InChI is InChI=1S/C17H25ClN2O2/c1-22-17-9-13(15(18)10-16(17)21)11-19-6-4-5-14(12-19)20-7-2-3-8-20/h9-10,14,21H,2-8,11-12H2,1H3. The van der Waals surface area contributed by atoms with Gasteiger partial charge in [-0.25, -0.2) is 0 Å². The molecule has 0 aliphatic carbocycles. The third kappa shape index (κ3) is 3.50. The van der Waals surface area contributed by atoms with Crippen LogP contribution in [0.1, 0.15) is 31.2 Å². The van der Waals surface area contributed by atoms with Gasteiger partial charge < -0.3 is 9.84 Å². The number of phenolic OH excluding ortho intramolecular Hbond substituents is 1. The molecular weight excluding hydrogens is 300 g/mol. The summed E-state index contributed by atoms with van der Waals surface area (Å²) in [6, 6.07) is 4.13. The van der Waals surface area contributed by atoms with Crippen molar-refractivity contribution in [2.75, 3.05) is 33.3 Å². The second kappa shape index (κ2) is 7.07. The number of rotatable bonds is 4. The average Bonchev–Trinajstić information content (AvgIpc) is 3.05. The molecule has 0 aromatic heterocycles. The van der Waals surface area contributed by atoms with E-state index in [-0.39, 0.29) is 5.75 Å². The van der Waals surface area contributed by atoms with Crippen LogP contribution in [-0.4, -0.2) is 54.2 Å². The molecule has 1 atom stereocenters. The van der Waals surface area contributed by atoms with Crippen LogP contribution >= 0.6 is 11.6 Å². The average molecular weight is 325 g/mol. The van der Waals surface area contributed by atoms with Gasteiger partial charge in [-0.05, 0) is 56.9 Å². The molecule has 2 fully saturated rings. The monoisotopic (exact) mass is 324 g/mol. The number of phenols is 1. The lowest BCUT2D eigenvalue weighted by Gasteiger charge is -2.37. The largest absolute Gasteiger partial charge is 0.504 e. The highest BCUT2D eigenvalue weighted by molar-refractivity contribution is 6.31. The highest BCUT2D eigenvalue weighted by Crippen LogP contribution is 2.33. The van der Waals surface area contributed by atoms with E-state index in [2.05, 4.69) is 9.80 Å². The SMILES string of the molecule is COc1cc(CN2CCCC(N3CCCC3)C2)c(Cl)cc1O. The number of nitrogens with zero attached hydrogens (tertiary/aromatic N) is 2. The summed E-state index contributed by atoms with van der Waals surface area (Å²) in [5, 5.41) is 10.4. The second-order valence-corrected chi connectivity index (χ2v) is 6.80. The smallest absolute Gasteiger partial charge is 0.160 e. The Kier molecular flexibility index (Phi) is 5.11. The van der Waals surface area contributed by atoms with Crippen LogP contribution in [-0.2, 0) is 6.54 Å². The van der Waals surface area contributed by atoms with Crippen molar-refractivity contribution in [3.63, 3.8) is 0 Å². The number of aromatic hydroxyl groups is 1. The van der Waals surface area contributed by atoms with E-state index < -0.39 is 0 Å². The molecule has 4 nitrogen and oxygen atoms in total. The third-order valence-electron chi connectivity index (χ3n) is 4.88. The highest BCUT2D eigenvalue weighted by atomic mass is 35.5. The molecule has 0 bridgehead atoms. The number of methoxy groups -OCH3 is 1. The van der Waals surface area contributed by atoms with Gasteiger partial charge in [-0.15, -0.1) is 0 Å². The van der Waals surface area contributed by atoms with Crippen molar-refractivity contribution in [2.24, 2.45) is 0 Å². The number of halogens is 1. The van der Waals surface area contributed by atoms with E-state index >= 15 is 0 Å². The molecule has 3 rings (SSSR count). The Morgan fingerprint density at radius 1 is 1.23 bits per heavy atom. The van der Waals surface area contributed by atoms with Gasteiger partial charge in [-0.2, -0.15) is 0 Å². The minimum absolute atomic E-state index is 0.102. The number of hydrogen-bond acceptors (Lipinski definition) is 4. The molecule has 122 valence electrons. The lowest BCUT2D eigenvalue weighted by atomic mass is 10.0. The lowest BCUT2D eigenvalue weighted by molar-refractivity contribution is 0.110. The zero-order valence-corrected chi connectivity index (χ0v) is 14.0. The Morgan fingerprint density at radius 2 is 2.00 bits per heavy atom. The zero-order valence-electron chi connectivity index (χ0n) is 13.2. The third-order valence-corrected chi connectivity index (χ3v) is 5.23. The summed E-state index contributed by atoms with van der Waals surface area (Å²) < 4.78 is 5.20. The Morgan fingerprint density at radius 3 is 2.73 bits per heavy atom. The van der Waals surface area contributed by atoms with E-state index in [1.807, 2.05) is 6.07 Å². The normalized spacial score (nSPS) is 23.8. The van der Waals surface area contributed by atoms with Crippen molar-refractivity contribution >= 4 is 11.6 Å². The van der Waals surface area contributed by atoms with Crippen molar-refractivity contribution in [2.45, 2.75) is 38.3 Å². The van der Waals surface area contributed by atoms with Gasteiger partial charge in [0.1, 0.15) is 0 Å². The molecule has 2 aliphatic rings. The van der Waals surface area contributed by atoms with Gasteiger partial charge in [0.15, 0.2) is 11.5 Å². The molecular formula is C17H25ClN2O2. The van der Waals surface area contributed by atoms with Crippen molar-refractivity contribution < 1.29 is 9.84 Å². The molecule has 0 spiro atoms. The maximum atomic E-state index is 9.78. The minimum Gasteiger partial charge on any atom is -0.504 e. The van der Waals surface area contributed by atoms with Gasteiger partial charge in [0, 0.05) is 30.2 Å². The van der Waals surface area contributed by atoms with E-state index in [1.165, 1.54) is 38.8 Å². The molecule has 2 saturated heterocycles. The number of ether oxygens (including phenoxy) is 1. The van der Waals surface area contributed by atoms with Crippen molar-refractivity contribution in [3.8, 4) is 11.5 Å². The topological polar surface area (TPSA) is 35.9 Å². The fraction of sp³-hybridized carbons (Fsp3) is 0.647. The van der Waals surface area contributed by atoms with Crippen LogP contribution in [0.15, 0.2) is 12.1 Å². The molecule has 0 radical (unpaired) electrons. The lowest BCUT2D eigenvalue weighted by Crippen LogP contribution is -2.46. The van der Waals surface area contributed by atoms with Gasteiger partial charge in [-0.3, -0.25) is 9.80 Å². The first-order valence-corrected chi connectivity index (χ1v) is 8.57. The molecule has 1 unspecified atom stereocenters. The molecule has 1 N–H and O–H groups in total. The number of benzene rings is 1. The van der Waals surface area contributed by atoms with Gasteiger partial charge in [-0.1, -0.05) is 11.6 Å². The van der Waals surface area contributed by atoms with Crippen LogP contribution in [0.3, 0.4) is 0 Å². The van der Waals surface area contributed by atoms with E-state index in [0.29, 0.717) is 16.8 Å². The van der Waals surface area contributed by atoms with E-state index in [4.69, 9.17) is 16.3 Å². The number of hydrogen-bond donors (Lipinski definition) is 1. The van der Waals surface area contributed by atoms with Crippen LogP contribution in [0.5, 0.6) is 11.5 Å². The molecule has 22 heavy (non-hydrogen) atoms. The van der Waals surface area contributed by atoms with Crippen LogP contribution in [0.4, 0.5) is 0 Å². The van der Waals surface area contributed by atoms with E-state index in [1.54, 1.807) is 13.2 Å². The molecule has 0 saturated carbocycles. The van der Waals surface area contributed by atoms with Crippen molar-refractivity contribution in [1.29, 1.82) is 0 Å². The first-order chi connectivity index (χ1) is 10.7. The Hall–Kier alpha value is -0.970. The summed E-state index contributed by atoms with van der Waals surface area (Å²) in [4.78, 5) is 5.12. The van der Waals surface area contributed by atoms with Crippen LogP contribution in [0.2, 0.25) is 5.02 Å². The quantitative estimate of drug-likeness (QED) is 0.923. The van der Waals surface area contributed by atoms with Gasteiger partial charge in [0.05, 0.1) is 7.11 Å². The molecule has 2 aliphatic heterocycles. The van der Waals surface area contributed by atoms with Crippen molar-refractivity contribution in [1.82, 2.24) is 9.80 Å². The maximum absolute atomic E-state index is 9.78. The van der Waals surface area contributed by atoms with Gasteiger partial charge in [0.25, 0.3) is 0 Å². The fourth-order valence-electron chi connectivity index (χ4n) is 3.69. The first-order valence-electron chi connectivity index (χ1n) is 8.19. The maximum Gasteiger partial charge on any atom is 0.160 e.